The largest absolute Gasteiger partial charge is 0.461 e. The van der Waals surface area contributed by atoms with Crippen molar-refractivity contribution in [3.8, 4) is 0 Å². The first kappa shape index (κ1) is 11.2. The molecular formula is C9H13BrN2O2. The molecule has 0 aliphatic carbocycles. The first-order valence-corrected chi connectivity index (χ1v) is 5.31. The maximum absolute atomic E-state index is 11.4. The van der Waals surface area contributed by atoms with Crippen molar-refractivity contribution in [2.24, 2.45) is 0 Å². The van der Waals surface area contributed by atoms with Crippen molar-refractivity contribution in [3.05, 3.63) is 15.9 Å². The Morgan fingerprint density at radius 2 is 2.21 bits per heavy atom. The molecule has 0 N–H and O–H groups in total. The maximum Gasteiger partial charge on any atom is 0.360 e. The lowest BCUT2D eigenvalue weighted by atomic mass is 10.4. The van der Waals surface area contributed by atoms with Crippen molar-refractivity contribution in [2.75, 3.05) is 6.61 Å². The monoisotopic (exact) mass is 260 g/mol. The van der Waals surface area contributed by atoms with E-state index in [-0.39, 0.29) is 5.97 Å². The average molecular weight is 261 g/mol. The molecule has 14 heavy (non-hydrogen) atoms. The zero-order valence-corrected chi connectivity index (χ0v) is 10.1. The highest BCUT2D eigenvalue weighted by Crippen LogP contribution is 2.21. The molecule has 4 nitrogen and oxygen atoms in total. The minimum atomic E-state index is -0.380. The van der Waals surface area contributed by atoms with E-state index >= 15 is 0 Å². The smallest absolute Gasteiger partial charge is 0.360 e. The number of halogens is 1. The highest BCUT2D eigenvalue weighted by atomic mass is 79.9. The van der Waals surface area contributed by atoms with Crippen molar-refractivity contribution >= 4 is 21.9 Å². The van der Waals surface area contributed by atoms with Crippen LogP contribution < -0.4 is 0 Å². The second-order valence-corrected chi connectivity index (χ2v) is 3.58. The van der Waals surface area contributed by atoms with Gasteiger partial charge in [-0.15, -0.1) is 0 Å². The lowest BCUT2D eigenvalue weighted by Gasteiger charge is -1.97. The summed E-state index contributed by atoms with van der Waals surface area (Å²) in [5.41, 5.74) is 1.29. The fraction of sp³-hybridized carbons (Fsp3) is 0.556. The van der Waals surface area contributed by atoms with Gasteiger partial charge in [-0.05, 0) is 36.7 Å². The predicted molar refractivity (Wildman–Crippen MR) is 56.3 cm³/mol. The lowest BCUT2D eigenvalue weighted by molar-refractivity contribution is 0.0517. The molecule has 0 saturated carbocycles. The van der Waals surface area contributed by atoms with Crippen LogP contribution in [0.25, 0.3) is 0 Å². The normalized spacial score (nSPS) is 10.3. The molecule has 0 radical (unpaired) electrons. The average Bonchev–Trinajstić information content (AvgIpc) is 2.44. The molecule has 0 saturated heterocycles. The van der Waals surface area contributed by atoms with Crippen LogP contribution in [0.15, 0.2) is 4.47 Å². The van der Waals surface area contributed by atoms with Gasteiger partial charge in [0.25, 0.3) is 0 Å². The molecular weight excluding hydrogens is 248 g/mol. The van der Waals surface area contributed by atoms with E-state index in [4.69, 9.17) is 4.74 Å². The second-order valence-electron chi connectivity index (χ2n) is 2.78. The van der Waals surface area contributed by atoms with E-state index < -0.39 is 0 Å². The van der Waals surface area contributed by atoms with E-state index in [0.717, 1.165) is 16.7 Å². The number of aryl methyl sites for hydroxylation is 1. The molecule has 0 aliphatic heterocycles. The van der Waals surface area contributed by atoms with Crippen LogP contribution in [0.2, 0.25) is 0 Å². The maximum atomic E-state index is 11.4. The Kier molecular flexibility index (Phi) is 3.69. The summed E-state index contributed by atoms with van der Waals surface area (Å²) in [5, 5.41) is 4.14. The fourth-order valence-electron chi connectivity index (χ4n) is 1.16. The standard InChI is InChI=1S/C9H13BrN2O2/c1-4-12-6(3)7(10)8(11-12)9(13)14-5-2/h4-5H2,1-3H3. The van der Waals surface area contributed by atoms with Crippen LogP contribution in [0, 0.1) is 6.92 Å². The lowest BCUT2D eigenvalue weighted by Crippen LogP contribution is -2.07. The van der Waals surface area contributed by atoms with Gasteiger partial charge >= 0.3 is 5.97 Å². The summed E-state index contributed by atoms with van der Waals surface area (Å²) in [6.07, 6.45) is 0. The third-order valence-corrected chi connectivity index (χ3v) is 2.85. The van der Waals surface area contributed by atoms with E-state index in [1.54, 1.807) is 11.6 Å². The van der Waals surface area contributed by atoms with Gasteiger partial charge in [0, 0.05) is 6.54 Å². The minimum absolute atomic E-state index is 0.353. The third-order valence-electron chi connectivity index (χ3n) is 1.90. The van der Waals surface area contributed by atoms with E-state index in [2.05, 4.69) is 21.0 Å². The van der Waals surface area contributed by atoms with Gasteiger partial charge in [-0.1, -0.05) is 0 Å². The van der Waals surface area contributed by atoms with Crippen molar-refractivity contribution in [1.29, 1.82) is 0 Å². The van der Waals surface area contributed by atoms with Crippen LogP contribution in [-0.4, -0.2) is 22.4 Å². The number of carbonyl (C=O) groups excluding carboxylic acids is 1. The molecule has 0 amide bonds. The van der Waals surface area contributed by atoms with Crippen LogP contribution in [0.3, 0.4) is 0 Å². The van der Waals surface area contributed by atoms with Crippen molar-refractivity contribution in [2.45, 2.75) is 27.3 Å². The first-order chi connectivity index (χ1) is 6.61. The summed E-state index contributed by atoms with van der Waals surface area (Å²) in [6, 6.07) is 0. The number of ether oxygens (including phenoxy) is 1. The van der Waals surface area contributed by atoms with Gasteiger partial charge in [0.05, 0.1) is 16.8 Å². The molecule has 1 aromatic rings. The number of carbonyl (C=O) groups is 1. The number of hydrogen-bond donors (Lipinski definition) is 0. The van der Waals surface area contributed by atoms with E-state index in [9.17, 15) is 4.79 Å². The van der Waals surface area contributed by atoms with E-state index in [0.29, 0.717) is 12.3 Å². The number of aromatic nitrogens is 2. The molecule has 1 rings (SSSR count). The SMILES string of the molecule is CCOC(=O)c1nn(CC)c(C)c1Br. The Hall–Kier alpha value is -0.840. The molecule has 0 aromatic carbocycles. The van der Waals surface area contributed by atoms with Gasteiger partial charge in [0.15, 0.2) is 5.69 Å². The molecule has 0 unspecified atom stereocenters. The molecule has 0 spiro atoms. The number of esters is 1. The van der Waals surface area contributed by atoms with Crippen LogP contribution in [0.5, 0.6) is 0 Å². The van der Waals surface area contributed by atoms with Crippen molar-refractivity contribution in [1.82, 2.24) is 9.78 Å². The second kappa shape index (κ2) is 4.59. The van der Waals surface area contributed by atoms with Gasteiger partial charge in [-0.25, -0.2) is 4.79 Å². The molecule has 78 valence electrons. The van der Waals surface area contributed by atoms with Crippen LogP contribution >= 0.6 is 15.9 Å². The molecule has 0 atom stereocenters. The van der Waals surface area contributed by atoms with Crippen molar-refractivity contribution < 1.29 is 9.53 Å². The zero-order chi connectivity index (χ0) is 10.7. The Labute approximate surface area is 91.4 Å². The van der Waals surface area contributed by atoms with Crippen LogP contribution in [-0.2, 0) is 11.3 Å². The molecule has 0 bridgehead atoms. The predicted octanol–water partition coefficient (Wildman–Crippen LogP) is 2.15. The summed E-state index contributed by atoms with van der Waals surface area (Å²) < 4.78 is 7.36. The van der Waals surface area contributed by atoms with Crippen LogP contribution in [0.4, 0.5) is 0 Å². The Morgan fingerprint density at radius 1 is 1.57 bits per heavy atom. The Balaban J connectivity index is 3.04. The highest BCUT2D eigenvalue weighted by molar-refractivity contribution is 9.10. The fourth-order valence-corrected chi connectivity index (χ4v) is 1.61. The third kappa shape index (κ3) is 1.97. The van der Waals surface area contributed by atoms with Gasteiger partial charge < -0.3 is 4.74 Å². The number of rotatable bonds is 3. The summed E-state index contributed by atoms with van der Waals surface area (Å²) in [7, 11) is 0. The van der Waals surface area contributed by atoms with Crippen molar-refractivity contribution in [3.63, 3.8) is 0 Å². The van der Waals surface area contributed by atoms with Crippen LogP contribution in [0.1, 0.15) is 30.0 Å². The van der Waals surface area contributed by atoms with Gasteiger partial charge in [-0.2, -0.15) is 5.10 Å². The van der Waals surface area contributed by atoms with Gasteiger partial charge in [0.1, 0.15) is 0 Å². The summed E-state index contributed by atoms with van der Waals surface area (Å²) in [4.78, 5) is 11.4. The van der Waals surface area contributed by atoms with E-state index in [1.165, 1.54) is 0 Å². The highest BCUT2D eigenvalue weighted by Gasteiger charge is 2.18. The van der Waals surface area contributed by atoms with E-state index in [1.807, 2.05) is 13.8 Å². The Morgan fingerprint density at radius 3 is 2.64 bits per heavy atom. The summed E-state index contributed by atoms with van der Waals surface area (Å²) in [5.74, 6) is -0.380. The number of hydrogen-bond acceptors (Lipinski definition) is 3. The summed E-state index contributed by atoms with van der Waals surface area (Å²) in [6.45, 7) is 6.76. The molecule has 0 aliphatic rings. The summed E-state index contributed by atoms with van der Waals surface area (Å²) >= 11 is 3.33. The molecule has 0 fully saturated rings. The quantitative estimate of drug-likeness (QED) is 0.783. The molecule has 1 aromatic heterocycles. The molecule has 1 heterocycles. The number of nitrogens with zero attached hydrogens (tertiary/aromatic N) is 2. The zero-order valence-electron chi connectivity index (χ0n) is 8.50. The van der Waals surface area contributed by atoms with Gasteiger partial charge in [0.2, 0.25) is 0 Å². The Bertz CT molecular complexity index is 347. The first-order valence-electron chi connectivity index (χ1n) is 4.51. The van der Waals surface area contributed by atoms with Gasteiger partial charge in [-0.3, -0.25) is 4.68 Å². The topological polar surface area (TPSA) is 44.1 Å². The minimum Gasteiger partial charge on any atom is -0.461 e. The molecule has 5 heteroatoms.